The fourth-order valence-corrected chi connectivity index (χ4v) is 2.65. The summed E-state index contributed by atoms with van der Waals surface area (Å²) in [7, 11) is 0. The Morgan fingerprint density at radius 3 is 2.74 bits per heavy atom. The highest BCUT2D eigenvalue weighted by Crippen LogP contribution is 2.17. The van der Waals surface area contributed by atoms with Crippen molar-refractivity contribution < 1.29 is 0 Å². The molecule has 0 aliphatic carbocycles. The Kier molecular flexibility index (Phi) is 5.16. The van der Waals surface area contributed by atoms with E-state index in [-0.39, 0.29) is 0 Å². The number of rotatable bonds is 5. The van der Waals surface area contributed by atoms with Crippen molar-refractivity contribution in [3.05, 3.63) is 23.9 Å². The monoisotopic (exact) mass is 262 g/mol. The maximum Gasteiger partial charge on any atom is 0.128 e. The number of hydrogen-bond donors (Lipinski definition) is 1. The Morgan fingerprint density at radius 2 is 2.16 bits per heavy atom. The Labute approximate surface area is 116 Å². The lowest BCUT2D eigenvalue weighted by molar-refractivity contribution is 0.199. The lowest BCUT2D eigenvalue weighted by Gasteiger charge is -2.39. The van der Waals surface area contributed by atoms with Crippen LogP contribution in [-0.2, 0) is 6.54 Å². The molecule has 1 aliphatic heterocycles. The smallest absolute Gasteiger partial charge is 0.128 e. The molecule has 1 unspecified atom stereocenters. The van der Waals surface area contributed by atoms with Gasteiger partial charge in [0.1, 0.15) is 5.82 Å². The number of likely N-dealkylation sites (N-methyl/N-ethyl adjacent to an activating group) is 1. The molecule has 2 rings (SSSR count). The van der Waals surface area contributed by atoms with E-state index < -0.39 is 0 Å². The minimum absolute atomic E-state index is 0.613. The highest BCUT2D eigenvalue weighted by Gasteiger charge is 2.22. The first-order valence-electron chi connectivity index (χ1n) is 7.39. The van der Waals surface area contributed by atoms with Gasteiger partial charge in [-0.15, -0.1) is 0 Å². The van der Waals surface area contributed by atoms with Gasteiger partial charge in [-0.3, -0.25) is 4.90 Å². The number of anilines is 1. The van der Waals surface area contributed by atoms with Crippen LogP contribution in [0.1, 0.15) is 26.3 Å². The molecular formula is C15H26N4. The van der Waals surface area contributed by atoms with Crippen LogP contribution in [-0.4, -0.2) is 48.6 Å². The van der Waals surface area contributed by atoms with Crippen LogP contribution in [0.15, 0.2) is 18.3 Å². The first kappa shape index (κ1) is 14.3. The van der Waals surface area contributed by atoms with Crippen molar-refractivity contribution in [1.29, 1.82) is 0 Å². The number of piperazine rings is 1. The summed E-state index contributed by atoms with van der Waals surface area (Å²) in [6.07, 6.45) is 1.99. The van der Waals surface area contributed by atoms with E-state index in [1.165, 1.54) is 5.56 Å². The molecule has 4 nitrogen and oxygen atoms in total. The first-order chi connectivity index (χ1) is 9.24. The maximum atomic E-state index is 4.61. The highest BCUT2D eigenvalue weighted by atomic mass is 15.3. The molecule has 1 aliphatic rings. The van der Waals surface area contributed by atoms with Gasteiger partial charge in [0.25, 0.3) is 0 Å². The third-order valence-corrected chi connectivity index (χ3v) is 3.88. The van der Waals surface area contributed by atoms with Crippen LogP contribution in [0.4, 0.5) is 5.82 Å². The van der Waals surface area contributed by atoms with Gasteiger partial charge in [0.05, 0.1) is 0 Å². The van der Waals surface area contributed by atoms with Gasteiger partial charge in [-0.2, -0.15) is 0 Å². The van der Waals surface area contributed by atoms with Gasteiger partial charge in [0.15, 0.2) is 0 Å². The standard InChI is InChI=1S/C15H26N4/c1-4-16-10-14-6-7-15(17-11-14)19-9-8-18(5-2)13(3)12-19/h6-7,11,13,16H,4-5,8-10,12H2,1-3H3. The van der Waals surface area contributed by atoms with Crippen molar-refractivity contribution in [2.75, 3.05) is 37.6 Å². The molecule has 1 aromatic rings. The van der Waals surface area contributed by atoms with E-state index in [9.17, 15) is 0 Å². The Morgan fingerprint density at radius 1 is 1.32 bits per heavy atom. The minimum atomic E-state index is 0.613. The average Bonchev–Trinajstić information content (AvgIpc) is 2.45. The van der Waals surface area contributed by atoms with E-state index >= 15 is 0 Å². The van der Waals surface area contributed by atoms with E-state index in [0.29, 0.717) is 6.04 Å². The van der Waals surface area contributed by atoms with Gasteiger partial charge in [-0.25, -0.2) is 4.98 Å². The van der Waals surface area contributed by atoms with Gasteiger partial charge in [0, 0.05) is 38.4 Å². The molecular weight excluding hydrogens is 236 g/mol. The summed E-state index contributed by atoms with van der Waals surface area (Å²) in [5, 5.41) is 3.32. The van der Waals surface area contributed by atoms with Crippen molar-refractivity contribution in [1.82, 2.24) is 15.2 Å². The van der Waals surface area contributed by atoms with Gasteiger partial charge in [-0.05, 0) is 31.6 Å². The van der Waals surface area contributed by atoms with Crippen LogP contribution in [0.2, 0.25) is 0 Å². The Balaban J connectivity index is 1.95. The van der Waals surface area contributed by atoms with Crippen molar-refractivity contribution in [2.45, 2.75) is 33.4 Å². The number of hydrogen-bond acceptors (Lipinski definition) is 4. The summed E-state index contributed by atoms with van der Waals surface area (Å²) in [6.45, 7) is 13.0. The summed E-state index contributed by atoms with van der Waals surface area (Å²) in [5.41, 5.74) is 1.26. The molecule has 1 atom stereocenters. The molecule has 19 heavy (non-hydrogen) atoms. The predicted molar refractivity (Wildman–Crippen MR) is 80.5 cm³/mol. The van der Waals surface area contributed by atoms with Crippen molar-refractivity contribution in [3.8, 4) is 0 Å². The van der Waals surface area contributed by atoms with Gasteiger partial charge < -0.3 is 10.2 Å². The van der Waals surface area contributed by atoms with Crippen LogP contribution in [0.3, 0.4) is 0 Å². The van der Waals surface area contributed by atoms with Gasteiger partial charge in [0.2, 0.25) is 0 Å². The summed E-state index contributed by atoms with van der Waals surface area (Å²) in [5.74, 6) is 1.11. The topological polar surface area (TPSA) is 31.4 Å². The molecule has 1 saturated heterocycles. The molecule has 0 spiro atoms. The van der Waals surface area contributed by atoms with Crippen LogP contribution >= 0.6 is 0 Å². The van der Waals surface area contributed by atoms with E-state index in [2.05, 4.69) is 53.0 Å². The lowest BCUT2D eigenvalue weighted by atomic mass is 10.2. The molecule has 0 bridgehead atoms. The molecule has 1 fully saturated rings. The van der Waals surface area contributed by atoms with Crippen LogP contribution in [0, 0.1) is 0 Å². The number of nitrogens with zero attached hydrogens (tertiary/aromatic N) is 3. The number of aromatic nitrogens is 1. The zero-order valence-electron chi connectivity index (χ0n) is 12.4. The second-order valence-electron chi connectivity index (χ2n) is 5.23. The fourth-order valence-electron chi connectivity index (χ4n) is 2.65. The SMILES string of the molecule is CCNCc1ccc(N2CCN(CC)C(C)C2)nc1. The van der Waals surface area contributed by atoms with Crippen molar-refractivity contribution in [3.63, 3.8) is 0 Å². The third-order valence-electron chi connectivity index (χ3n) is 3.88. The molecule has 0 aromatic carbocycles. The Hall–Kier alpha value is -1.13. The zero-order valence-corrected chi connectivity index (χ0v) is 12.4. The molecule has 106 valence electrons. The van der Waals surface area contributed by atoms with E-state index in [1.54, 1.807) is 0 Å². The highest BCUT2D eigenvalue weighted by molar-refractivity contribution is 5.40. The molecule has 0 radical (unpaired) electrons. The second kappa shape index (κ2) is 6.87. The van der Waals surface area contributed by atoms with Crippen LogP contribution in [0.5, 0.6) is 0 Å². The van der Waals surface area contributed by atoms with Gasteiger partial charge >= 0.3 is 0 Å². The van der Waals surface area contributed by atoms with E-state index in [4.69, 9.17) is 0 Å². The molecule has 4 heteroatoms. The van der Waals surface area contributed by atoms with E-state index in [0.717, 1.165) is 45.1 Å². The summed E-state index contributed by atoms with van der Waals surface area (Å²) < 4.78 is 0. The Bertz CT molecular complexity index is 376. The molecule has 1 N–H and O–H groups in total. The predicted octanol–water partition coefficient (Wildman–Crippen LogP) is 1.72. The quantitative estimate of drug-likeness (QED) is 0.875. The minimum Gasteiger partial charge on any atom is -0.354 e. The van der Waals surface area contributed by atoms with Crippen LogP contribution in [0.25, 0.3) is 0 Å². The molecule has 2 heterocycles. The molecule has 0 amide bonds. The first-order valence-corrected chi connectivity index (χ1v) is 7.39. The number of pyridine rings is 1. The number of nitrogens with one attached hydrogen (secondary N) is 1. The van der Waals surface area contributed by atoms with Gasteiger partial charge in [-0.1, -0.05) is 19.9 Å². The van der Waals surface area contributed by atoms with Crippen molar-refractivity contribution >= 4 is 5.82 Å². The van der Waals surface area contributed by atoms with Crippen molar-refractivity contribution in [2.24, 2.45) is 0 Å². The van der Waals surface area contributed by atoms with E-state index in [1.807, 2.05) is 6.20 Å². The third kappa shape index (κ3) is 3.67. The maximum absolute atomic E-state index is 4.61. The zero-order chi connectivity index (χ0) is 13.7. The largest absolute Gasteiger partial charge is 0.354 e. The van der Waals surface area contributed by atoms with Crippen LogP contribution < -0.4 is 10.2 Å². The molecule has 0 saturated carbocycles. The fraction of sp³-hybridized carbons (Fsp3) is 0.667. The molecule has 1 aromatic heterocycles. The second-order valence-corrected chi connectivity index (χ2v) is 5.23. The lowest BCUT2D eigenvalue weighted by Crippen LogP contribution is -2.51. The summed E-state index contributed by atoms with van der Waals surface area (Å²) >= 11 is 0. The normalized spacial score (nSPS) is 20.8. The summed E-state index contributed by atoms with van der Waals surface area (Å²) in [4.78, 5) is 9.53. The average molecular weight is 262 g/mol. The summed E-state index contributed by atoms with van der Waals surface area (Å²) in [6, 6.07) is 4.95.